The lowest BCUT2D eigenvalue weighted by molar-refractivity contribution is 0.491. The van der Waals surface area contributed by atoms with Crippen LogP contribution in [-0.2, 0) is 0 Å². The molecule has 0 radical (unpaired) electrons. The van der Waals surface area contributed by atoms with Crippen molar-refractivity contribution in [1.29, 1.82) is 0 Å². The van der Waals surface area contributed by atoms with E-state index in [0.29, 0.717) is 6.04 Å². The second kappa shape index (κ2) is 6.96. The molecule has 0 amide bonds. The highest BCUT2D eigenvalue weighted by atomic mass is 32.2. The van der Waals surface area contributed by atoms with Crippen LogP contribution in [0.25, 0.3) is 0 Å². The summed E-state index contributed by atoms with van der Waals surface area (Å²) >= 11 is 2.09. The quantitative estimate of drug-likeness (QED) is 0.886. The number of nitrogens with one attached hydrogen (secondary N) is 1. The van der Waals surface area contributed by atoms with Gasteiger partial charge in [-0.3, -0.25) is 0 Å². The third kappa shape index (κ3) is 3.44. The Bertz CT molecular complexity index is 466. The molecule has 0 spiro atoms. The molecule has 1 fully saturated rings. The minimum Gasteiger partial charge on any atom is -0.306 e. The van der Waals surface area contributed by atoms with E-state index in [0.717, 1.165) is 12.5 Å². The molecular weight excluding hydrogens is 262 g/mol. The molecule has 2 aromatic carbocycles. The molecule has 1 heterocycles. The zero-order chi connectivity index (χ0) is 13.6. The zero-order valence-electron chi connectivity index (χ0n) is 11.7. The summed E-state index contributed by atoms with van der Waals surface area (Å²) in [6.07, 6.45) is 1.36. The fraction of sp³-hybridized carbons (Fsp3) is 0.333. The number of hydrogen-bond donors (Lipinski definition) is 1. The summed E-state index contributed by atoms with van der Waals surface area (Å²) in [4.78, 5) is 0. The van der Waals surface area contributed by atoms with Crippen molar-refractivity contribution in [3.05, 3.63) is 71.8 Å². The Morgan fingerprint density at radius 1 is 0.950 bits per heavy atom. The van der Waals surface area contributed by atoms with Crippen LogP contribution in [0.2, 0.25) is 0 Å². The lowest BCUT2D eigenvalue weighted by Gasteiger charge is -2.22. The highest BCUT2D eigenvalue weighted by Crippen LogP contribution is 2.26. The summed E-state index contributed by atoms with van der Waals surface area (Å²) in [5.41, 5.74) is 2.70. The maximum absolute atomic E-state index is 3.78. The molecule has 2 aromatic rings. The molecule has 3 rings (SSSR count). The molecule has 1 aliphatic heterocycles. The molecule has 0 bridgehead atoms. The van der Waals surface area contributed by atoms with Crippen LogP contribution in [0.5, 0.6) is 0 Å². The van der Waals surface area contributed by atoms with Gasteiger partial charge in [0.2, 0.25) is 0 Å². The van der Waals surface area contributed by atoms with Crippen LogP contribution in [0.15, 0.2) is 60.7 Å². The summed E-state index contributed by atoms with van der Waals surface area (Å²) in [6, 6.07) is 21.8. The van der Waals surface area contributed by atoms with Gasteiger partial charge in [0, 0.05) is 0 Å². The third-order valence-electron chi connectivity index (χ3n) is 3.90. The van der Waals surface area contributed by atoms with Crippen LogP contribution in [0, 0.1) is 5.92 Å². The second-order valence-corrected chi connectivity index (χ2v) is 6.54. The molecule has 1 atom stereocenters. The molecule has 0 saturated carbocycles. The average Bonchev–Trinajstić information content (AvgIpc) is 3.03. The van der Waals surface area contributed by atoms with Gasteiger partial charge >= 0.3 is 0 Å². The molecular formula is C18H21NS. The van der Waals surface area contributed by atoms with Gasteiger partial charge in [0.15, 0.2) is 0 Å². The van der Waals surface area contributed by atoms with Gasteiger partial charge in [0.05, 0.1) is 6.04 Å². The molecule has 104 valence electrons. The first-order chi connectivity index (χ1) is 9.93. The van der Waals surface area contributed by atoms with Crippen molar-refractivity contribution in [3.63, 3.8) is 0 Å². The van der Waals surface area contributed by atoms with Crippen LogP contribution < -0.4 is 5.32 Å². The minimum atomic E-state index is 0.308. The predicted molar refractivity (Wildman–Crippen MR) is 88.2 cm³/mol. The van der Waals surface area contributed by atoms with Crippen molar-refractivity contribution < 1.29 is 0 Å². The van der Waals surface area contributed by atoms with Gasteiger partial charge in [-0.25, -0.2) is 0 Å². The number of thioether (sulfide) groups is 1. The van der Waals surface area contributed by atoms with Gasteiger partial charge in [0.25, 0.3) is 0 Å². The summed E-state index contributed by atoms with van der Waals surface area (Å²) in [7, 11) is 0. The SMILES string of the molecule is c1ccc(C(NCC2CCSC2)c2ccccc2)cc1. The first-order valence-corrected chi connectivity index (χ1v) is 8.50. The molecule has 2 heteroatoms. The smallest absolute Gasteiger partial charge is 0.0576 e. The Morgan fingerprint density at radius 3 is 2.05 bits per heavy atom. The lowest BCUT2D eigenvalue weighted by atomic mass is 9.98. The first kappa shape index (κ1) is 13.7. The minimum absolute atomic E-state index is 0.308. The first-order valence-electron chi connectivity index (χ1n) is 7.34. The van der Waals surface area contributed by atoms with Crippen LogP contribution in [0.3, 0.4) is 0 Å². The van der Waals surface area contributed by atoms with E-state index in [4.69, 9.17) is 0 Å². The van der Waals surface area contributed by atoms with Gasteiger partial charge in [0.1, 0.15) is 0 Å². The molecule has 20 heavy (non-hydrogen) atoms. The summed E-state index contributed by atoms with van der Waals surface area (Å²) < 4.78 is 0. The van der Waals surface area contributed by atoms with Crippen LogP contribution in [0.4, 0.5) is 0 Å². The van der Waals surface area contributed by atoms with E-state index in [2.05, 4.69) is 77.7 Å². The Hall–Kier alpha value is -1.25. The summed E-state index contributed by atoms with van der Waals surface area (Å²) in [6.45, 7) is 1.11. The predicted octanol–water partition coefficient (Wildman–Crippen LogP) is 4.12. The van der Waals surface area contributed by atoms with Gasteiger partial charge in [-0.2, -0.15) is 11.8 Å². The highest BCUT2D eigenvalue weighted by molar-refractivity contribution is 7.99. The van der Waals surface area contributed by atoms with Crippen molar-refractivity contribution in [2.24, 2.45) is 5.92 Å². The van der Waals surface area contributed by atoms with Gasteiger partial charge < -0.3 is 5.32 Å². The molecule has 1 unspecified atom stereocenters. The van der Waals surface area contributed by atoms with Crippen LogP contribution in [0.1, 0.15) is 23.6 Å². The fourth-order valence-corrected chi connectivity index (χ4v) is 4.03. The monoisotopic (exact) mass is 283 g/mol. The Kier molecular flexibility index (Phi) is 4.77. The maximum atomic E-state index is 3.78. The largest absolute Gasteiger partial charge is 0.306 e. The highest BCUT2D eigenvalue weighted by Gasteiger charge is 2.19. The third-order valence-corrected chi connectivity index (χ3v) is 5.13. The van der Waals surface area contributed by atoms with E-state index in [1.165, 1.54) is 29.1 Å². The topological polar surface area (TPSA) is 12.0 Å². The van der Waals surface area contributed by atoms with E-state index < -0.39 is 0 Å². The maximum Gasteiger partial charge on any atom is 0.0576 e. The van der Waals surface area contributed by atoms with Crippen molar-refractivity contribution in [2.75, 3.05) is 18.1 Å². The van der Waals surface area contributed by atoms with Crippen molar-refractivity contribution in [3.8, 4) is 0 Å². The lowest BCUT2D eigenvalue weighted by Crippen LogP contribution is -2.28. The van der Waals surface area contributed by atoms with E-state index in [1.54, 1.807) is 0 Å². The van der Waals surface area contributed by atoms with Crippen molar-refractivity contribution >= 4 is 11.8 Å². The van der Waals surface area contributed by atoms with Gasteiger partial charge in [-0.1, -0.05) is 60.7 Å². The average molecular weight is 283 g/mol. The van der Waals surface area contributed by atoms with Crippen LogP contribution in [-0.4, -0.2) is 18.1 Å². The summed E-state index contributed by atoms with van der Waals surface area (Å²) in [5.74, 6) is 3.46. The molecule has 0 aliphatic carbocycles. The number of hydrogen-bond acceptors (Lipinski definition) is 2. The van der Waals surface area contributed by atoms with Crippen molar-refractivity contribution in [2.45, 2.75) is 12.5 Å². The summed E-state index contributed by atoms with van der Waals surface area (Å²) in [5, 5.41) is 3.78. The molecule has 1 aliphatic rings. The fourth-order valence-electron chi connectivity index (χ4n) is 2.75. The Balaban J connectivity index is 1.76. The number of benzene rings is 2. The molecule has 1 nitrogen and oxygen atoms in total. The Morgan fingerprint density at radius 2 is 1.55 bits per heavy atom. The van der Waals surface area contributed by atoms with Gasteiger partial charge in [-0.05, 0) is 41.5 Å². The van der Waals surface area contributed by atoms with Crippen molar-refractivity contribution in [1.82, 2.24) is 5.32 Å². The van der Waals surface area contributed by atoms with E-state index in [1.807, 2.05) is 0 Å². The molecule has 1 N–H and O–H groups in total. The van der Waals surface area contributed by atoms with Crippen LogP contribution >= 0.6 is 11.8 Å². The van der Waals surface area contributed by atoms with E-state index in [9.17, 15) is 0 Å². The zero-order valence-corrected chi connectivity index (χ0v) is 12.5. The molecule has 1 saturated heterocycles. The van der Waals surface area contributed by atoms with E-state index >= 15 is 0 Å². The molecule has 0 aromatic heterocycles. The Labute approximate surface area is 125 Å². The second-order valence-electron chi connectivity index (χ2n) is 5.39. The standard InChI is InChI=1S/C18H21NS/c1-3-7-16(8-4-1)18(17-9-5-2-6-10-17)19-13-15-11-12-20-14-15/h1-10,15,18-19H,11-14H2. The normalized spacial score (nSPS) is 18.6. The van der Waals surface area contributed by atoms with Gasteiger partial charge in [-0.15, -0.1) is 0 Å². The number of rotatable bonds is 5. The van der Waals surface area contributed by atoms with E-state index in [-0.39, 0.29) is 0 Å².